The molecule has 0 saturated heterocycles. The third-order valence-electron chi connectivity index (χ3n) is 2.27. The molecule has 112 valence electrons. The van der Waals surface area contributed by atoms with Gasteiger partial charge >= 0.3 is 12.1 Å². The maximum atomic E-state index is 12.4. The van der Waals surface area contributed by atoms with E-state index in [0.29, 0.717) is 9.75 Å². The molecule has 4 nitrogen and oxygen atoms in total. The van der Waals surface area contributed by atoms with E-state index >= 15 is 0 Å². The number of carboxylic acid groups (broad SMARTS) is 1. The average molecular weight is 309 g/mol. The van der Waals surface area contributed by atoms with Crippen molar-refractivity contribution in [3.63, 3.8) is 0 Å². The molecule has 8 heteroatoms. The quantitative estimate of drug-likeness (QED) is 0.758. The molecule has 1 rings (SSSR count). The van der Waals surface area contributed by atoms with E-state index in [1.165, 1.54) is 17.4 Å². The Kier molecular flexibility index (Phi) is 6.18. The Morgan fingerprint density at radius 3 is 2.65 bits per heavy atom. The maximum absolute atomic E-state index is 12.4. The summed E-state index contributed by atoms with van der Waals surface area (Å²) in [6.45, 7) is -1.46. The van der Waals surface area contributed by atoms with Crippen molar-refractivity contribution in [2.45, 2.75) is 12.7 Å². The van der Waals surface area contributed by atoms with Crippen LogP contribution in [0.1, 0.15) is 9.75 Å². The molecule has 0 unspecified atom stereocenters. The molecule has 1 heterocycles. The van der Waals surface area contributed by atoms with Gasteiger partial charge in [0.1, 0.15) is 0 Å². The van der Waals surface area contributed by atoms with Crippen LogP contribution in [0.25, 0.3) is 6.08 Å². The van der Waals surface area contributed by atoms with Crippen LogP contribution >= 0.6 is 11.3 Å². The molecule has 1 aromatic rings. The summed E-state index contributed by atoms with van der Waals surface area (Å²) in [5, 5.41) is 17.3. The highest BCUT2D eigenvalue weighted by Gasteiger charge is 2.30. The third kappa shape index (κ3) is 6.69. The van der Waals surface area contributed by atoms with Gasteiger partial charge in [-0.1, -0.05) is 0 Å². The summed E-state index contributed by atoms with van der Waals surface area (Å²) >= 11 is 1.21. The van der Waals surface area contributed by atoms with Crippen LogP contribution < -0.4 is 0 Å². The molecule has 2 N–H and O–H groups in total. The smallest absolute Gasteiger partial charge is 0.401 e. The van der Waals surface area contributed by atoms with Gasteiger partial charge in [-0.25, -0.2) is 4.79 Å². The summed E-state index contributed by atoms with van der Waals surface area (Å²) in [4.78, 5) is 12.8. The molecule has 0 spiro atoms. The number of aliphatic hydroxyl groups excluding tert-OH is 1. The van der Waals surface area contributed by atoms with E-state index in [0.717, 1.165) is 11.0 Å². The summed E-state index contributed by atoms with van der Waals surface area (Å²) in [6, 6.07) is 3.29. The minimum Gasteiger partial charge on any atom is -0.478 e. The Morgan fingerprint density at radius 1 is 1.40 bits per heavy atom. The number of carboxylic acids is 1. The van der Waals surface area contributed by atoms with Crippen molar-refractivity contribution in [2.24, 2.45) is 0 Å². The van der Waals surface area contributed by atoms with Crippen LogP contribution in [0.2, 0.25) is 0 Å². The largest absolute Gasteiger partial charge is 0.478 e. The van der Waals surface area contributed by atoms with Gasteiger partial charge in [0.2, 0.25) is 0 Å². The fourth-order valence-electron chi connectivity index (χ4n) is 1.55. The lowest BCUT2D eigenvalue weighted by molar-refractivity contribution is -0.147. The van der Waals surface area contributed by atoms with Crippen LogP contribution in [-0.2, 0) is 11.3 Å². The number of hydrogen-bond donors (Lipinski definition) is 2. The second kappa shape index (κ2) is 7.41. The molecule has 0 aliphatic heterocycles. The number of halogens is 3. The first-order valence-corrected chi connectivity index (χ1v) is 6.51. The first-order valence-electron chi connectivity index (χ1n) is 5.70. The SMILES string of the molecule is O=C(O)/C=C/c1ccc(CN(CCO)CC(F)(F)F)s1. The van der Waals surface area contributed by atoms with Crippen LogP contribution in [-0.4, -0.2) is 47.0 Å². The van der Waals surface area contributed by atoms with Crippen LogP contribution in [0.3, 0.4) is 0 Å². The van der Waals surface area contributed by atoms with Crippen LogP contribution in [0.5, 0.6) is 0 Å². The van der Waals surface area contributed by atoms with Gasteiger partial charge in [0, 0.05) is 28.9 Å². The molecule has 0 radical (unpaired) electrons. The van der Waals surface area contributed by atoms with E-state index < -0.39 is 18.7 Å². The zero-order chi connectivity index (χ0) is 15.2. The molecule has 1 aromatic heterocycles. The Morgan fingerprint density at radius 2 is 2.10 bits per heavy atom. The van der Waals surface area contributed by atoms with Gasteiger partial charge in [0.15, 0.2) is 0 Å². The average Bonchev–Trinajstić information content (AvgIpc) is 2.72. The van der Waals surface area contributed by atoms with Crippen molar-refractivity contribution in [3.8, 4) is 0 Å². The topological polar surface area (TPSA) is 60.8 Å². The molecule has 0 amide bonds. The van der Waals surface area contributed by atoms with Crippen molar-refractivity contribution in [1.82, 2.24) is 4.90 Å². The fourth-order valence-corrected chi connectivity index (χ4v) is 2.51. The van der Waals surface area contributed by atoms with E-state index in [4.69, 9.17) is 10.2 Å². The summed E-state index contributed by atoms with van der Waals surface area (Å²) in [6.07, 6.45) is -1.97. The van der Waals surface area contributed by atoms with Crippen molar-refractivity contribution in [1.29, 1.82) is 0 Å². The van der Waals surface area contributed by atoms with Crippen LogP contribution in [0.15, 0.2) is 18.2 Å². The van der Waals surface area contributed by atoms with Crippen molar-refractivity contribution in [2.75, 3.05) is 19.7 Å². The van der Waals surface area contributed by atoms with Crippen molar-refractivity contribution >= 4 is 23.4 Å². The number of thiophene rings is 1. The zero-order valence-corrected chi connectivity index (χ0v) is 11.2. The molecule has 0 fully saturated rings. The Hall–Kier alpha value is -1.38. The Bertz CT molecular complexity index is 471. The van der Waals surface area contributed by atoms with Gasteiger partial charge in [-0.15, -0.1) is 11.3 Å². The number of aliphatic carboxylic acids is 1. The summed E-state index contributed by atoms with van der Waals surface area (Å²) in [7, 11) is 0. The first-order chi connectivity index (χ1) is 9.30. The minimum atomic E-state index is -4.32. The minimum absolute atomic E-state index is 0.0612. The maximum Gasteiger partial charge on any atom is 0.401 e. The van der Waals surface area contributed by atoms with Gasteiger partial charge in [-0.05, 0) is 18.2 Å². The van der Waals surface area contributed by atoms with E-state index in [1.807, 2.05) is 0 Å². The molecule has 0 bridgehead atoms. The lowest BCUT2D eigenvalue weighted by Gasteiger charge is -2.21. The van der Waals surface area contributed by atoms with E-state index in [2.05, 4.69) is 0 Å². The highest BCUT2D eigenvalue weighted by atomic mass is 32.1. The predicted molar refractivity (Wildman–Crippen MR) is 69.4 cm³/mol. The lowest BCUT2D eigenvalue weighted by Crippen LogP contribution is -2.35. The molecule has 0 aromatic carbocycles. The number of rotatable bonds is 7. The highest BCUT2D eigenvalue weighted by molar-refractivity contribution is 7.12. The fraction of sp³-hybridized carbons (Fsp3) is 0.417. The third-order valence-corrected chi connectivity index (χ3v) is 3.31. The second-order valence-corrected chi connectivity index (χ2v) is 5.22. The van der Waals surface area contributed by atoms with Crippen molar-refractivity contribution in [3.05, 3.63) is 28.0 Å². The predicted octanol–water partition coefficient (Wildman–Crippen LogP) is 2.20. The van der Waals surface area contributed by atoms with Gasteiger partial charge in [-0.2, -0.15) is 13.2 Å². The summed E-state index contributed by atoms with van der Waals surface area (Å²) in [5.74, 6) is -1.08. The van der Waals surface area contributed by atoms with Crippen LogP contribution in [0, 0.1) is 0 Å². The van der Waals surface area contributed by atoms with E-state index in [-0.39, 0.29) is 19.7 Å². The zero-order valence-electron chi connectivity index (χ0n) is 10.4. The number of aliphatic hydroxyl groups is 1. The summed E-state index contributed by atoms with van der Waals surface area (Å²) in [5.41, 5.74) is 0. The molecule has 0 aliphatic rings. The Labute approximate surface area is 117 Å². The molecular formula is C12H14F3NO3S. The molecular weight excluding hydrogens is 295 g/mol. The van der Waals surface area contributed by atoms with Gasteiger partial charge in [-0.3, -0.25) is 4.90 Å². The molecule has 0 aliphatic carbocycles. The lowest BCUT2D eigenvalue weighted by atomic mass is 10.3. The highest BCUT2D eigenvalue weighted by Crippen LogP contribution is 2.22. The van der Waals surface area contributed by atoms with E-state index in [9.17, 15) is 18.0 Å². The molecule has 0 atom stereocenters. The molecule has 20 heavy (non-hydrogen) atoms. The number of carbonyl (C=O) groups is 1. The van der Waals surface area contributed by atoms with Gasteiger partial charge in [0.05, 0.1) is 13.2 Å². The second-order valence-electron chi connectivity index (χ2n) is 4.03. The normalized spacial score (nSPS) is 12.4. The van der Waals surface area contributed by atoms with Gasteiger partial charge < -0.3 is 10.2 Å². The monoisotopic (exact) mass is 309 g/mol. The van der Waals surface area contributed by atoms with E-state index in [1.54, 1.807) is 12.1 Å². The number of nitrogens with zero attached hydrogens (tertiary/aromatic N) is 1. The number of alkyl halides is 3. The first kappa shape index (κ1) is 16.7. The van der Waals surface area contributed by atoms with Crippen LogP contribution in [0.4, 0.5) is 13.2 Å². The number of hydrogen-bond acceptors (Lipinski definition) is 4. The Balaban J connectivity index is 2.67. The summed E-state index contributed by atoms with van der Waals surface area (Å²) < 4.78 is 37.1. The molecule has 0 saturated carbocycles. The van der Waals surface area contributed by atoms with Gasteiger partial charge in [0.25, 0.3) is 0 Å². The standard InChI is InChI=1S/C12H14F3NO3S/c13-12(14,15)8-16(5-6-17)7-10-2-1-9(20-10)3-4-11(18)19/h1-4,17H,5-8H2,(H,18,19)/b4-3+. The van der Waals surface area contributed by atoms with Crippen molar-refractivity contribution < 1.29 is 28.2 Å².